The minimum atomic E-state index is -4.60. The number of amides is 3. The molecule has 26 heavy (non-hydrogen) atoms. The molecule has 0 heterocycles. The van der Waals surface area contributed by atoms with Crippen LogP contribution in [-0.2, 0) is 15.8 Å². The molecule has 5 N–H and O–H groups in total. The van der Waals surface area contributed by atoms with Gasteiger partial charge in [0.15, 0.2) is 0 Å². The highest BCUT2D eigenvalue weighted by Crippen LogP contribution is 2.31. The largest absolute Gasteiger partial charge is 0.416 e. The third-order valence-electron chi connectivity index (χ3n) is 3.37. The second-order valence-electron chi connectivity index (χ2n) is 5.56. The maximum absolute atomic E-state index is 12.9. The van der Waals surface area contributed by atoms with Crippen LogP contribution in [0.5, 0.6) is 0 Å². The quantitative estimate of drug-likeness (QED) is 0.548. The monoisotopic (exact) mass is 374 g/mol. The fourth-order valence-electron chi connectivity index (χ4n) is 1.94. The van der Waals surface area contributed by atoms with Crippen molar-refractivity contribution in [2.75, 3.05) is 18.4 Å². The summed E-state index contributed by atoms with van der Waals surface area (Å²) in [5.41, 5.74) is 4.02. The number of carbonyl (C=O) groups excluding carboxylic acids is 3. The first-order valence-electron chi connectivity index (χ1n) is 7.88. The highest BCUT2D eigenvalue weighted by molar-refractivity contribution is 6.01. The summed E-state index contributed by atoms with van der Waals surface area (Å²) in [6, 6.07) is 1.82. The molecule has 1 unspecified atom stereocenters. The third-order valence-corrected chi connectivity index (χ3v) is 3.37. The van der Waals surface area contributed by atoms with Gasteiger partial charge < -0.3 is 21.7 Å². The summed E-state index contributed by atoms with van der Waals surface area (Å²) in [4.78, 5) is 34.8. The smallest absolute Gasteiger partial charge is 0.384 e. The highest BCUT2D eigenvalue weighted by Gasteiger charge is 2.31. The van der Waals surface area contributed by atoms with E-state index in [2.05, 4.69) is 16.0 Å². The lowest BCUT2D eigenvalue weighted by molar-refractivity contribution is -0.137. The fourth-order valence-corrected chi connectivity index (χ4v) is 1.94. The number of nitrogens with one attached hydrogen (secondary N) is 3. The zero-order valence-electron chi connectivity index (χ0n) is 14.4. The Balaban J connectivity index is 2.90. The van der Waals surface area contributed by atoms with Gasteiger partial charge in [-0.25, -0.2) is 0 Å². The number of alkyl halides is 3. The van der Waals surface area contributed by atoms with Crippen LogP contribution in [0.4, 0.5) is 18.9 Å². The van der Waals surface area contributed by atoms with E-state index in [1.54, 1.807) is 0 Å². The van der Waals surface area contributed by atoms with Crippen molar-refractivity contribution < 1.29 is 27.6 Å². The van der Waals surface area contributed by atoms with Gasteiger partial charge in [0.05, 0.1) is 17.7 Å². The molecule has 3 amide bonds. The van der Waals surface area contributed by atoms with Crippen molar-refractivity contribution in [1.82, 2.24) is 10.6 Å². The molecule has 1 atom stereocenters. The normalized spacial score (nSPS) is 12.2. The molecule has 144 valence electrons. The van der Waals surface area contributed by atoms with Crippen molar-refractivity contribution in [3.63, 3.8) is 0 Å². The van der Waals surface area contributed by atoms with Crippen molar-refractivity contribution >= 4 is 23.4 Å². The van der Waals surface area contributed by atoms with Gasteiger partial charge in [0.25, 0.3) is 5.91 Å². The summed E-state index contributed by atoms with van der Waals surface area (Å²) >= 11 is 0. The average molecular weight is 374 g/mol. The van der Waals surface area contributed by atoms with Crippen molar-refractivity contribution in [3.8, 4) is 0 Å². The van der Waals surface area contributed by atoms with Crippen molar-refractivity contribution in [3.05, 3.63) is 29.3 Å². The molecule has 0 saturated carbocycles. The van der Waals surface area contributed by atoms with E-state index in [-0.39, 0.29) is 11.3 Å². The Bertz CT molecular complexity index is 677. The van der Waals surface area contributed by atoms with Gasteiger partial charge >= 0.3 is 6.18 Å². The molecule has 7 nitrogen and oxygen atoms in total. The van der Waals surface area contributed by atoms with E-state index in [0.29, 0.717) is 13.0 Å². The molecule has 0 aliphatic carbocycles. The number of rotatable bonds is 8. The van der Waals surface area contributed by atoms with Crippen LogP contribution < -0.4 is 21.7 Å². The summed E-state index contributed by atoms with van der Waals surface area (Å²) < 4.78 is 38.7. The SMILES string of the molecule is CCCNc1ccc(C(F)(F)F)cc1C(=O)NCC(=O)NC(C)C(N)=O. The minimum Gasteiger partial charge on any atom is -0.384 e. The maximum Gasteiger partial charge on any atom is 0.416 e. The predicted octanol–water partition coefficient (Wildman–Crippen LogP) is 1.25. The summed E-state index contributed by atoms with van der Waals surface area (Å²) in [6.45, 7) is 3.17. The molecule has 0 aliphatic rings. The first-order chi connectivity index (χ1) is 12.1. The number of nitrogens with two attached hydrogens (primary N) is 1. The van der Waals surface area contributed by atoms with Gasteiger partial charge in [-0.3, -0.25) is 14.4 Å². The van der Waals surface area contributed by atoms with Gasteiger partial charge in [-0.1, -0.05) is 6.92 Å². The Morgan fingerprint density at radius 2 is 1.88 bits per heavy atom. The number of primary amides is 1. The molecule has 0 saturated heterocycles. The number of anilines is 1. The lowest BCUT2D eigenvalue weighted by atomic mass is 10.1. The molecule has 0 aliphatic heterocycles. The van der Waals surface area contributed by atoms with Crippen molar-refractivity contribution in [2.24, 2.45) is 5.73 Å². The van der Waals surface area contributed by atoms with Crippen LogP contribution in [-0.4, -0.2) is 36.9 Å². The summed E-state index contributed by atoms with van der Waals surface area (Å²) in [5.74, 6) is -2.30. The van der Waals surface area contributed by atoms with Gasteiger partial charge in [0.1, 0.15) is 6.04 Å². The lowest BCUT2D eigenvalue weighted by Crippen LogP contribution is -2.46. The summed E-state index contributed by atoms with van der Waals surface area (Å²) in [6.07, 6.45) is -3.90. The molecule has 1 aromatic carbocycles. The highest BCUT2D eigenvalue weighted by atomic mass is 19.4. The number of benzene rings is 1. The van der Waals surface area contributed by atoms with Crippen LogP contribution in [0.2, 0.25) is 0 Å². The van der Waals surface area contributed by atoms with Gasteiger partial charge in [0, 0.05) is 12.2 Å². The van der Waals surface area contributed by atoms with E-state index in [1.165, 1.54) is 13.0 Å². The minimum absolute atomic E-state index is 0.225. The molecule has 1 rings (SSSR count). The zero-order chi connectivity index (χ0) is 19.9. The Morgan fingerprint density at radius 1 is 1.23 bits per heavy atom. The molecule has 0 bridgehead atoms. The Labute approximate surface area is 148 Å². The van der Waals surface area contributed by atoms with Crippen LogP contribution in [0.25, 0.3) is 0 Å². The molecule has 0 spiro atoms. The average Bonchev–Trinajstić information content (AvgIpc) is 2.56. The number of hydrogen-bond donors (Lipinski definition) is 4. The van der Waals surface area contributed by atoms with Gasteiger partial charge in [-0.15, -0.1) is 0 Å². The van der Waals surface area contributed by atoms with Crippen molar-refractivity contribution in [2.45, 2.75) is 32.5 Å². The summed E-state index contributed by atoms with van der Waals surface area (Å²) in [5, 5.41) is 7.34. The molecular weight excluding hydrogens is 353 g/mol. The van der Waals surface area contributed by atoms with E-state index in [0.717, 1.165) is 12.1 Å². The number of carbonyl (C=O) groups is 3. The molecule has 1 aromatic rings. The fraction of sp³-hybridized carbons (Fsp3) is 0.438. The van der Waals surface area contributed by atoms with Crippen LogP contribution in [0.15, 0.2) is 18.2 Å². The Hall–Kier alpha value is -2.78. The zero-order valence-corrected chi connectivity index (χ0v) is 14.4. The molecule has 0 radical (unpaired) electrons. The van der Waals surface area contributed by atoms with E-state index in [1.807, 2.05) is 6.92 Å². The van der Waals surface area contributed by atoms with Crippen LogP contribution in [0.3, 0.4) is 0 Å². The Kier molecular flexibility index (Phi) is 7.41. The lowest BCUT2D eigenvalue weighted by Gasteiger charge is -2.15. The van der Waals surface area contributed by atoms with Gasteiger partial charge in [0.2, 0.25) is 11.8 Å². The summed E-state index contributed by atoms with van der Waals surface area (Å²) in [7, 11) is 0. The van der Waals surface area contributed by atoms with Gasteiger partial charge in [-0.2, -0.15) is 13.2 Å². The van der Waals surface area contributed by atoms with Crippen LogP contribution in [0.1, 0.15) is 36.2 Å². The molecule has 10 heteroatoms. The van der Waals surface area contributed by atoms with Crippen LogP contribution >= 0.6 is 0 Å². The van der Waals surface area contributed by atoms with E-state index < -0.39 is 42.0 Å². The van der Waals surface area contributed by atoms with E-state index in [9.17, 15) is 27.6 Å². The predicted molar refractivity (Wildman–Crippen MR) is 89.4 cm³/mol. The van der Waals surface area contributed by atoms with Gasteiger partial charge in [-0.05, 0) is 31.5 Å². The maximum atomic E-state index is 12.9. The standard InChI is InChI=1S/C16H21F3N4O3/c1-3-6-21-12-5-4-10(16(17,18)19)7-11(12)15(26)22-8-13(24)23-9(2)14(20)25/h4-5,7,9,21H,3,6,8H2,1-2H3,(H2,20,25)(H,22,26)(H,23,24). The van der Waals surface area contributed by atoms with E-state index >= 15 is 0 Å². The molecule has 0 fully saturated rings. The molecular formula is C16H21F3N4O3. The second kappa shape index (κ2) is 9.07. The number of hydrogen-bond acceptors (Lipinski definition) is 4. The van der Waals surface area contributed by atoms with E-state index in [4.69, 9.17) is 5.73 Å². The van der Waals surface area contributed by atoms with Crippen LogP contribution in [0, 0.1) is 0 Å². The first-order valence-corrected chi connectivity index (χ1v) is 7.88. The third kappa shape index (κ3) is 6.26. The topological polar surface area (TPSA) is 113 Å². The van der Waals surface area contributed by atoms with Crippen molar-refractivity contribution in [1.29, 1.82) is 0 Å². The molecule has 0 aromatic heterocycles. The Morgan fingerprint density at radius 3 is 2.42 bits per heavy atom. The first kappa shape index (κ1) is 21.3. The number of halogens is 3. The second-order valence-corrected chi connectivity index (χ2v) is 5.56.